The number of nitrogens with zero attached hydrogens (tertiary/aromatic N) is 3. The second-order valence-corrected chi connectivity index (χ2v) is 6.81. The molecule has 0 aliphatic carbocycles. The minimum atomic E-state index is -0.999. The van der Waals surface area contributed by atoms with Crippen LogP contribution in [0.2, 0.25) is 0 Å². The molecule has 0 amide bonds. The third kappa shape index (κ3) is 3.08. The normalized spacial score (nSPS) is 21.5. The fourth-order valence-electron chi connectivity index (χ4n) is 2.67. The van der Waals surface area contributed by atoms with Crippen LogP contribution in [0.5, 0.6) is 0 Å². The number of aliphatic hydroxyl groups is 2. The number of hydrogen-bond donors (Lipinski definition) is 4. The highest BCUT2D eigenvalue weighted by Gasteiger charge is 2.26. The fraction of sp³-hybridized carbons (Fsp3) is 0.118. The minimum Gasteiger partial charge on any atom is -0.478 e. The number of thioether (sulfide) groups is 1. The summed E-state index contributed by atoms with van der Waals surface area (Å²) < 4.78 is 1.59. The number of rotatable bonds is 3. The van der Waals surface area contributed by atoms with Gasteiger partial charge in [-0.2, -0.15) is 5.10 Å². The summed E-state index contributed by atoms with van der Waals surface area (Å²) >= 11 is 1.11. The quantitative estimate of drug-likeness (QED) is 0.546. The van der Waals surface area contributed by atoms with Crippen molar-refractivity contribution in [3.05, 3.63) is 58.8 Å². The molecule has 4 N–H and O–H groups in total. The molecule has 26 heavy (non-hydrogen) atoms. The average Bonchev–Trinajstić information content (AvgIpc) is 3.17. The predicted molar refractivity (Wildman–Crippen MR) is 96.1 cm³/mol. The number of benzene rings is 1. The van der Waals surface area contributed by atoms with Crippen molar-refractivity contribution in [2.24, 2.45) is 0 Å². The molecule has 9 heteroatoms. The minimum absolute atomic E-state index is 0.186. The molecule has 1 fully saturated rings. The lowest BCUT2D eigenvalue weighted by Crippen LogP contribution is -2.28. The number of aromatic nitrogens is 3. The number of aromatic carboxylic acids is 1. The van der Waals surface area contributed by atoms with Gasteiger partial charge in [0.25, 0.3) is 0 Å². The summed E-state index contributed by atoms with van der Waals surface area (Å²) in [6, 6.07) is 8.30. The number of aliphatic hydroxyl groups excluding tert-OH is 2. The number of nitrogens with one attached hydrogen (secondary N) is 1. The molecule has 0 spiro atoms. The first-order valence-corrected chi connectivity index (χ1v) is 8.58. The summed E-state index contributed by atoms with van der Waals surface area (Å²) in [5.41, 5.74) is 1.85. The highest BCUT2D eigenvalue weighted by atomic mass is 32.2. The molecule has 1 saturated heterocycles. The van der Waals surface area contributed by atoms with Gasteiger partial charge in [0, 0.05) is 22.2 Å². The lowest BCUT2D eigenvalue weighted by atomic mass is 10.1. The molecule has 1 aliphatic rings. The third-order valence-corrected chi connectivity index (χ3v) is 4.89. The van der Waals surface area contributed by atoms with E-state index in [1.807, 2.05) is 0 Å². The monoisotopic (exact) mass is 370 g/mol. The van der Waals surface area contributed by atoms with Gasteiger partial charge in [-0.15, -0.1) is 0 Å². The van der Waals surface area contributed by atoms with E-state index in [1.54, 1.807) is 47.3 Å². The van der Waals surface area contributed by atoms with E-state index in [2.05, 4.69) is 15.4 Å². The van der Waals surface area contributed by atoms with Gasteiger partial charge in [-0.3, -0.25) is 5.32 Å². The Morgan fingerprint density at radius 1 is 1.31 bits per heavy atom. The first-order valence-electron chi connectivity index (χ1n) is 7.70. The van der Waals surface area contributed by atoms with Gasteiger partial charge in [0.2, 0.25) is 0 Å². The predicted octanol–water partition coefficient (Wildman–Crippen LogP) is 1.37. The van der Waals surface area contributed by atoms with Gasteiger partial charge in [0.15, 0.2) is 11.2 Å². The van der Waals surface area contributed by atoms with Crippen molar-refractivity contribution in [2.45, 2.75) is 11.8 Å². The van der Waals surface area contributed by atoms with Crippen molar-refractivity contribution in [1.82, 2.24) is 19.9 Å². The van der Waals surface area contributed by atoms with Crippen molar-refractivity contribution in [2.75, 3.05) is 0 Å². The van der Waals surface area contributed by atoms with Crippen molar-refractivity contribution in [1.29, 1.82) is 0 Å². The molecule has 1 aliphatic heterocycles. The molecule has 3 heterocycles. The third-order valence-electron chi connectivity index (χ3n) is 3.92. The zero-order valence-electron chi connectivity index (χ0n) is 13.3. The van der Waals surface area contributed by atoms with E-state index >= 15 is 0 Å². The van der Waals surface area contributed by atoms with Crippen LogP contribution in [0.1, 0.15) is 15.9 Å². The molecule has 0 radical (unpaired) electrons. The van der Waals surface area contributed by atoms with Crippen LogP contribution < -0.4 is 5.32 Å². The van der Waals surface area contributed by atoms with Gasteiger partial charge in [0.05, 0.1) is 17.5 Å². The Hall–Kier alpha value is -2.72. The Labute approximate surface area is 151 Å². The maximum Gasteiger partial charge on any atom is 0.335 e. The van der Waals surface area contributed by atoms with E-state index in [1.165, 1.54) is 6.07 Å². The molecule has 2 unspecified atom stereocenters. The molecule has 4 rings (SSSR count). The van der Waals surface area contributed by atoms with Crippen LogP contribution in [0.3, 0.4) is 0 Å². The van der Waals surface area contributed by atoms with Gasteiger partial charge in [-0.1, -0.05) is 23.9 Å². The van der Waals surface area contributed by atoms with Crippen LogP contribution >= 0.6 is 11.8 Å². The molecule has 132 valence electrons. The molecule has 8 nitrogen and oxygen atoms in total. The van der Waals surface area contributed by atoms with E-state index in [0.29, 0.717) is 27.4 Å². The number of hydrogen-bond acceptors (Lipinski definition) is 7. The van der Waals surface area contributed by atoms with Gasteiger partial charge in [0.1, 0.15) is 6.23 Å². The molecule has 2 aromatic heterocycles. The largest absolute Gasteiger partial charge is 0.478 e. The van der Waals surface area contributed by atoms with E-state index < -0.39 is 17.8 Å². The maximum absolute atomic E-state index is 11.2. The molecule has 1 aromatic carbocycles. The SMILES string of the molecule is O=C(O)c1cccc(-c2ccn3ncc(/C=C4\SC(O)NC4O)c3n2)c1. The zero-order chi connectivity index (χ0) is 18.3. The summed E-state index contributed by atoms with van der Waals surface area (Å²) in [4.78, 5) is 16.3. The van der Waals surface area contributed by atoms with Crippen molar-refractivity contribution in [3.63, 3.8) is 0 Å². The molecule has 0 saturated carbocycles. The number of carboxylic acid groups (broad SMARTS) is 1. The van der Waals surface area contributed by atoms with Crippen LogP contribution in [-0.4, -0.2) is 47.7 Å². The van der Waals surface area contributed by atoms with Crippen molar-refractivity contribution >= 4 is 29.5 Å². The Morgan fingerprint density at radius 3 is 2.88 bits per heavy atom. The smallest absolute Gasteiger partial charge is 0.335 e. The van der Waals surface area contributed by atoms with Gasteiger partial charge in [-0.05, 0) is 24.3 Å². The summed E-state index contributed by atoms with van der Waals surface area (Å²) in [7, 11) is 0. The lowest BCUT2D eigenvalue weighted by molar-refractivity contribution is 0.0697. The Kier molecular flexibility index (Phi) is 4.21. The topological polar surface area (TPSA) is 120 Å². The number of fused-ring (bicyclic) bond motifs is 1. The van der Waals surface area contributed by atoms with Crippen LogP contribution in [0.15, 0.2) is 47.6 Å². The highest BCUT2D eigenvalue weighted by Crippen LogP contribution is 2.31. The van der Waals surface area contributed by atoms with Gasteiger partial charge in [-0.25, -0.2) is 14.3 Å². The van der Waals surface area contributed by atoms with Gasteiger partial charge < -0.3 is 15.3 Å². The first kappa shape index (κ1) is 16.7. The summed E-state index contributed by atoms with van der Waals surface area (Å²) in [5, 5.41) is 35.4. The number of carboxylic acids is 1. The van der Waals surface area contributed by atoms with E-state index in [4.69, 9.17) is 5.11 Å². The number of carbonyl (C=O) groups is 1. The van der Waals surface area contributed by atoms with Crippen LogP contribution in [0.25, 0.3) is 23.0 Å². The van der Waals surface area contributed by atoms with Crippen molar-refractivity contribution in [3.8, 4) is 11.3 Å². The summed E-state index contributed by atoms with van der Waals surface area (Å²) in [5.74, 6) is -0.999. The molecule has 2 atom stereocenters. The molecular weight excluding hydrogens is 356 g/mol. The van der Waals surface area contributed by atoms with Crippen LogP contribution in [-0.2, 0) is 0 Å². The zero-order valence-corrected chi connectivity index (χ0v) is 14.1. The average molecular weight is 370 g/mol. The highest BCUT2D eigenvalue weighted by molar-refractivity contribution is 8.03. The molecule has 0 bridgehead atoms. The maximum atomic E-state index is 11.2. The summed E-state index contributed by atoms with van der Waals surface area (Å²) in [6.07, 6.45) is 4.12. The summed E-state index contributed by atoms with van der Waals surface area (Å²) in [6.45, 7) is 0. The molecule has 3 aromatic rings. The molecular formula is C17H14N4O4S. The first-order chi connectivity index (χ1) is 12.5. The second-order valence-electron chi connectivity index (χ2n) is 5.65. The lowest BCUT2D eigenvalue weighted by Gasteiger charge is -2.04. The van der Waals surface area contributed by atoms with Crippen molar-refractivity contribution < 1.29 is 20.1 Å². The van der Waals surface area contributed by atoms with E-state index in [-0.39, 0.29) is 5.56 Å². The fourth-order valence-corrected chi connectivity index (χ4v) is 3.52. The van der Waals surface area contributed by atoms with Crippen LogP contribution in [0.4, 0.5) is 0 Å². The Bertz CT molecular complexity index is 1030. The van der Waals surface area contributed by atoms with E-state index in [9.17, 15) is 15.0 Å². The van der Waals surface area contributed by atoms with E-state index in [0.717, 1.165) is 11.8 Å². The standard InChI is InChI=1S/C17H14N4O4S/c22-15-13(26-17(25)20-15)7-11-8-18-21-5-4-12(19-14(11)21)9-2-1-3-10(6-9)16(23)24/h1-8,15,17,20,22,25H,(H,23,24)/b13-7-. The Balaban J connectivity index is 1.77. The second kappa shape index (κ2) is 6.54. The van der Waals surface area contributed by atoms with Crippen LogP contribution in [0, 0.1) is 0 Å². The van der Waals surface area contributed by atoms with Gasteiger partial charge >= 0.3 is 5.97 Å². The Morgan fingerprint density at radius 2 is 2.15 bits per heavy atom.